The Bertz CT molecular complexity index is 304. The highest BCUT2D eigenvalue weighted by atomic mass is 32.2. The van der Waals surface area contributed by atoms with E-state index in [4.69, 9.17) is 11.0 Å². The second-order valence-electron chi connectivity index (χ2n) is 1.91. The lowest BCUT2D eigenvalue weighted by molar-refractivity contribution is 1.37. The predicted octanol–water partition coefficient (Wildman–Crippen LogP) is 2.13. The summed E-state index contributed by atoms with van der Waals surface area (Å²) in [4.78, 5) is 1.59. The number of thioether (sulfide) groups is 1. The van der Waals surface area contributed by atoms with Crippen molar-refractivity contribution in [3.05, 3.63) is 18.2 Å². The molecule has 0 aromatic heterocycles. The smallest absolute Gasteiger partial charge is 0.138 e. The van der Waals surface area contributed by atoms with Crippen LogP contribution in [0.4, 0.5) is 5.69 Å². The molecule has 0 saturated heterocycles. The Hall–Kier alpha value is -0.790. The molecule has 0 atom stereocenters. The monoisotopic (exact) mass is 182 g/mol. The highest BCUT2D eigenvalue weighted by Crippen LogP contribution is 2.23. The molecule has 11 heavy (non-hydrogen) atoms. The van der Waals surface area contributed by atoms with Gasteiger partial charge in [0.05, 0.1) is 0 Å². The number of anilines is 1. The maximum absolute atomic E-state index is 8.33. The van der Waals surface area contributed by atoms with E-state index in [1.807, 2.05) is 11.5 Å². The highest BCUT2D eigenvalue weighted by Gasteiger charge is 1.96. The maximum atomic E-state index is 8.33. The topological polar surface area (TPSA) is 49.8 Å². The number of nitriles is 1. The normalized spacial score (nSPS) is 9.09. The third kappa shape index (κ3) is 2.07. The van der Waals surface area contributed by atoms with Crippen LogP contribution >= 0.6 is 24.4 Å². The summed E-state index contributed by atoms with van der Waals surface area (Å²) in [6.07, 6.45) is 0. The molecule has 2 N–H and O–H groups in total. The molecule has 0 saturated carbocycles. The lowest BCUT2D eigenvalue weighted by atomic mass is 10.3. The third-order valence-electron chi connectivity index (χ3n) is 1.16. The molecule has 0 aliphatic carbocycles. The van der Waals surface area contributed by atoms with Crippen LogP contribution in [0.3, 0.4) is 0 Å². The van der Waals surface area contributed by atoms with Gasteiger partial charge in [-0.25, -0.2) is 0 Å². The van der Waals surface area contributed by atoms with Crippen molar-refractivity contribution in [2.45, 2.75) is 9.79 Å². The summed E-state index contributed by atoms with van der Waals surface area (Å²) in [6, 6.07) is 5.32. The fraction of sp³-hybridized carbons (Fsp3) is 0. The molecule has 1 aromatic carbocycles. The van der Waals surface area contributed by atoms with Crippen molar-refractivity contribution in [2.75, 3.05) is 5.73 Å². The maximum Gasteiger partial charge on any atom is 0.138 e. The summed E-state index contributed by atoms with van der Waals surface area (Å²) in [5.41, 5.74) is 6.16. The molecule has 2 nitrogen and oxygen atoms in total. The molecule has 0 unspecified atom stereocenters. The molecule has 0 bridgehead atoms. The summed E-state index contributed by atoms with van der Waals surface area (Å²) in [7, 11) is 0. The average Bonchev–Trinajstić information content (AvgIpc) is 1.98. The molecular weight excluding hydrogens is 176 g/mol. The van der Waals surface area contributed by atoms with Gasteiger partial charge in [0.25, 0.3) is 0 Å². The van der Waals surface area contributed by atoms with Crippen LogP contribution in [0.25, 0.3) is 0 Å². The molecule has 0 aliphatic heterocycles. The van der Waals surface area contributed by atoms with Crippen molar-refractivity contribution in [3.63, 3.8) is 0 Å². The first-order valence-corrected chi connectivity index (χ1v) is 4.15. The van der Waals surface area contributed by atoms with Gasteiger partial charge < -0.3 is 5.73 Å². The van der Waals surface area contributed by atoms with Gasteiger partial charge in [-0.3, -0.25) is 0 Å². The van der Waals surface area contributed by atoms with Crippen molar-refractivity contribution in [1.82, 2.24) is 0 Å². The second kappa shape index (κ2) is 3.56. The van der Waals surface area contributed by atoms with Crippen LogP contribution in [-0.4, -0.2) is 0 Å². The van der Waals surface area contributed by atoms with Gasteiger partial charge in [-0.1, -0.05) is 0 Å². The first kappa shape index (κ1) is 8.31. The van der Waals surface area contributed by atoms with E-state index in [0.717, 1.165) is 21.6 Å². The van der Waals surface area contributed by atoms with Gasteiger partial charge in [-0.05, 0) is 30.0 Å². The first-order chi connectivity index (χ1) is 5.24. The zero-order valence-electron chi connectivity index (χ0n) is 5.61. The molecule has 0 amide bonds. The number of thiol groups is 1. The number of thiocyanates is 1. The van der Waals surface area contributed by atoms with E-state index in [1.54, 1.807) is 12.1 Å². The number of nitrogen functional groups attached to an aromatic ring is 1. The van der Waals surface area contributed by atoms with Crippen molar-refractivity contribution >= 4 is 30.1 Å². The Kier molecular flexibility index (Phi) is 2.69. The Morgan fingerprint density at radius 1 is 1.55 bits per heavy atom. The average molecular weight is 182 g/mol. The summed E-state index contributed by atoms with van der Waals surface area (Å²) in [5, 5.41) is 10.3. The number of hydrogen-bond acceptors (Lipinski definition) is 4. The predicted molar refractivity (Wildman–Crippen MR) is 49.6 cm³/mol. The number of nitrogens with zero attached hydrogens (tertiary/aromatic N) is 1. The van der Waals surface area contributed by atoms with Gasteiger partial charge in [0.1, 0.15) is 5.40 Å². The summed E-state index contributed by atoms with van der Waals surface area (Å²) in [5.74, 6) is 0. The van der Waals surface area contributed by atoms with Crippen LogP contribution in [0.5, 0.6) is 0 Å². The third-order valence-corrected chi connectivity index (χ3v) is 2.15. The molecular formula is C7H6N2S2. The van der Waals surface area contributed by atoms with E-state index in [1.165, 1.54) is 0 Å². The molecule has 0 heterocycles. The molecule has 0 spiro atoms. The standard InChI is InChI=1S/C7H6N2S2/c8-4-11-5-1-2-7(10)6(9)3-5/h1-3,10H,9H2. The quantitative estimate of drug-likeness (QED) is 0.303. The van der Waals surface area contributed by atoms with Gasteiger partial charge in [-0.15, -0.1) is 12.6 Å². The highest BCUT2D eigenvalue weighted by molar-refractivity contribution is 8.03. The number of benzene rings is 1. The van der Waals surface area contributed by atoms with Gasteiger partial charge in [-0.2, -0.15) is 5.26 Å². The second-order valence-corrected chi connectivity index (χ2v) is 3.25. The van der Waals surface area contributed by atoms with Crippen LogP contribution < -0.4 is 5.73 Å². The largest absolute Gasteiger partial charge is 0.398 e. The van der Waals surface area contributed by atoms with Crippen LogP contribution in [0.2, 0.25) is 0 Å². The van der Waals surface area contributed by atoms with Crippen LogP contribution in [0.15, 0.2) is 28.0 Å². The van der Waals surface area contributed by atoms with Crippen molar-refractivity contribution < 1.29 is 0 Å². The lowest BCUT2D eigenvalue weighted by Crippen LogP contribution is -1.85. The van der Waals surface area contributed by atoms with Crippen molar-refractivity contribution in [2.24, 2.45) is 0 Å². The Balaban J connectivity index is 2.98. The minimum atomic E-state index is 0.605. The molecule has 0 radical (unpaired) electrons. The number of rotatable bonds is 1. The van der Waals surface area contributed by atoms with Crippen LogP contribution in [-0.2, 0) is 0 Å². The fourth-order valence-corrected chi connectivity index (χ4v) is 1.22. The first-order valence-electron chi connectivity index (χ1n) is 2.88. The zero-order chi connectivity index (χ0) is 8.27. The molecule has 56 valence electrons. The zero-order valence-corrected chi connectivity index (χ0v) is 7.32. The van der Waals surface area contributed by atoms with Crippen LogP contribution in [0, 0.1) is 10.7 Å². The Labute approximate surface area is 74.8 Å². The minimum Gasteiger partial charge on any atom is -0.398 e. The summed E-state index contributed by atoms with van der Waals surface area (Å²) >= 11 is 5.19. The van der Waals surface area contributed by atoms with E-state index in [2.05, 4.69) is 12.6 Å². The number of hydrogen-bond donors (Lipinski definition) is 2. The van der Waals surface area contributed by atoms with E-state index in [0.29, 0.717) is 5.69 Å². The molecule has 1 rings (SSSR count). The minimum absolute atomic E-state index is 0.605. The summed E-state index contributed by atoms with van der Waals surface area (Å²) < 4.78 is 0. The van der Waals surface area contributed by atoms with Crippen LogP contribution in [0.1, 0.15) is 0 Å². The van der Waals surface area contributed by atoms with Gasteiger partial charge in [0.15, 0.2) is 0 Å². The molecule has 1 aromatic rings. The van der Waals surface area contributed by atoms with E-state index >= 15 is 0 Å². The lowest BCUT2D eigenvalue weighted by Gasteiger charge is -1.98. The van der Waals surface area contributed by atoms with Gasteiger partial charge in [0.2, 0.25) is 0 Å². The molecule has 0 fully saturated rings. The Morgan fingerprint density at radius 2 is 2.27 bits per heavy atom. The van der Waals surface area contributed by atoms with E-state index in [-0.39, 0.29) is 0 Å². The molecule has 4 heteroatoms. The van der Waals surface area contributed by atoms with Crippen molar-refractivity contribution in [3.8, 4) is 5.40 Å². The van der Waals surface area contributed by atoms with E-state index in [9.17, 15) is 0 Å². The van der Waals surface area contributed by atoms with Crippen molar-refractivity contribution in [1.29, 1.82) is 5.26 Å². The van der Waals surface area contributed by atoms with Gasteiger partial charge in [0, 0.05) is 15.5 Å². The van der Waals surface area contributed by atoms with E-state index < -0.39 is 0 Å². The Morgan fingerprint density at radius 3 is 2.82 bits per heavy atom. The SMILES string of the molecule is N#CSc1ccc(S)c(N)c1. The molecule has 0 aliphatic rings. The summed E-state index contributed by atoms with van der Waals surface area (Å²) in [6.45, 7) is 0. The van der Waals surface area contributed by atoms with Gasteiger partial charge >= 0.3 is 0 Å². The number of nitrogens with two attached hydrogens (primary N) is 1. The fourth-order valence-electron chi connectivity index (χ4n) is 0.649.